The molecule has 0 aliphatic carbocycles. The molecule has 1 N–H and O–H groups in total. The summed E-state index contributed by atoms with van der Waals surface area (Å²) in [4.78, 5) is 4.24. The zero-order chi connectivity index (χ0) is 8.27. The molecule has 0 amide bonds. The molecule has 0 spiro atoms. The molecule has 0 bridgehead atoms. The second-order valence-electron chi connectivity index (χ2n) is 2.97. The fraction of sp³-hybridized carbons (Fsp3) is 0.375. The summed E-state index contributed by atoms with van der Waals surface area (Å²) in [5.74, 6) is 1.05. The van der Waals surface area contributed by atoms with Gasteiger partial charge in [0.05, 0.1) is 0 Å². The van der Waals surface area contributed by atoms with E-state index in [-0.39, 0.29) is 0 Å². The highest BCUT2D eigenvalue weighted by atomic mass is 28.1. The van der Waals surface area contributed by atoms with Crippen LogP contribution in [0.3, 0.4) is 0 Å². The van der Waals surface area contributed by atoms with Crippen LogP contribution in [0.25, 0.3) is 0 Å². The van der Waals surface area contributed by atoms with Gasteiger partial charge in [-0.1, -0.05) is 6.07 Å². The minimum atomic E-state index is 0.470. The first-order chi connectivity index (χ1) is 5.20. The van der Waals surface area contributed by atoms with Gasteiger partial charge in [-0.2, -0.15) is 0 Å². The van der Waals surface area contributed by atoms with Gasteiger partial charge >= 0.3 is 0 Å². The van der Waals surface area contributed by atoms with E-state index in [1.165, 1.54) is 5.19 Å². The Bertz CT molecular complexity index is 235. The average Bonchev–Trinajstić information content (AvgIpc) is 1.93. The maximum atomic E-state index is 4.24. The van der Waals surface area contributed by atoms with Gasteiger partial charge in [-0.25, -0.2) is 4.98 Å². The van der Waals surface area contributed by atoms with Crippen molar-refractivity contribution < 1.29 is 0 Å². The van der Waals surface area contributed by atoms with Gasteiger partial charge in [-0.3, -0.25) is 0 Å². The van der Waals surface area contributed by atoms with Crippen LogP contribution in [-0.4, -0.2) is 21.3 Å². The van der Waals surface area contributed by atoms with Crippen molar-refractivity contribution in [2.45, 2.75) is 19.9 Å². The molecule has 0 aliphatic heterocycles. The molecule has 0 aliphatic rings. The summed E-state index contributed by atoms with van der Waals surface area (Å²) in [5, 5.41) is 4.63. The van der Waals surface area contributed by atoms with E-state index in [0.29, 0.717) is 6.04 Å². The average molecular weight is 166 g/mol. The molecular formula is C8H14N2Si. The Hall–Kier alpha value is -0.833. The molecule has 0 unspecified atom stereocenters. The van der Waals surface area contributed by atoms with Crippen molar-refractivity contribution in [3.63, 3.8) is 0 Å². The Kier molecular flexibility index (Phi) is 2.65. The van der Waals surface area contributed by atoms with Gasteiger partial charge in [-0.15, -0.1) is 0 Å². The second kappa shape index (κ2) is 3.53. The predicted octanol–water partition coefficient (Wildman–Crippen LogP) is -0.107. The van der Waals surface area contributed by atoms with Crippen molar-refractivity contribution in [3.05, 3.63) is 18.3 Å². The van der Waals surface area contributed by atoms with Crippen molar-refractivity contribution in [3.8, 4) is 0 Å². The summed E-state index contributed by atoms with van der Waals surface area (Å²) < 4.78 is 0. The number of hydrogen-bond donors (Lipinski definition) is 1. The van der Waals surface area contributed by atoms with Gasteiger partial charge in [-0.05, 0) is 25.1 Å². The number of hydrogen-bond acceptors (Lipinski definition) is 2. The van der Waals surface area contributed by atoms with Crippen molar-refractivity contribution in [1.29, 1.82) is 0 Å². The summed E-state index contributed by atoms with van der Waals surface area (Å²) in [6.45, 7) is 4.24. The van der Waals surface area contributed by atoms with Crippen LogP contribution in [0.4, 0.5) is 5.82 Å². The summed E-state index contributed by atoms with van der Waals surface area (Å²) in [7, 11) is 1.06. The first-order valence-electron chi connectivity index (χ1n) is 3.88. The summed E-state index contributed by atoms with van der Waals surface area (Å²) in [6, 6.07) is 4.57. The van der Waals surface area contributed by atoms with Crippen molar-refractivity contribution in [2.24, 2.45) is 0 Å². The quantitative estimate of drug-likeness (QED) is 0.620. The van der Waals surface area contributed by atoms with E-state index in [2.05, 4.69) is 30.2 Å². The number of nitrogens with zero attached hydrogens (tertiary/aromatic N) is 1. The molecule has 0 fully saturated rings. The molecule has 0 radical (unpaired) electrons. The van der Waals surface area contributed by atoms with Gasteiger partial charge < -0.3 is 5.32 Å². The maximum absolute atomic E-state index is 4.24. The number of nitrogens with one attached hydrogen (secondary N) is 1. The number of anilines is 1. The monoisotopic (exact) mass is 166 g/mol. The van der Waals surface area contributed by atoms with Crippen LogP contribution < -0.4 is 10.5 Å². The van der Waals surface area contributed by atoms with Crippen molar-refractivity contribution in [2.75, 3.05) is 5.32 Å². The van der Waals surface area contributed by atoms with E-state index in [4.69, 9.17) is 0 Å². The molecule has 0 saturated carbocycles. The smallest absolute Gasteiger partial charge is 0.124 e. The van der Waals surface area contributed by atoms with Crippen LogP contribution in [0.15, 0.2) is 18.3 Å². The molecule has 0 aromatic carbocycles. The lowest BCUT2D eigenvalue weighted by molar-refractivity contribution is 0.891. The van der Waals surface area contributed by atoms with Crippen LogP contribution in [0.2, 0.25) is 0 Å². The van der Waals surface area contributed by atoms with E-state index < -0.39 is 0 Å². The van der Waals surface area contributed by atoms with Gasteiger partial charge in [0.15, 0.2) is 0 Å². The lowest BCUT2D eigenvalue weighted by Crippen LogP contribution is -2.19. The largest absolute Gasteiger partial charge is 0.368 e. The van der Waals surface area contributed by atoms with Crippen LogP contribution in [-0.2, 0) is 0 Å². The zero-order valence-electron chi connectivity index (χ0n) is 7.26. The highest BCUT2D eigenvalue weighted by Gasteiger charge is 1.97. The third kappa shape index (κ3) is 2.35. The second-order valence-corrected chi connectivity index (χ2v) is 4.05. The molecule has 2 nitrogen and oxygen atoms in total. The number of rotatable bonds is 2. The topological polar surface area (TPSA) is 24.9 Å². The molecule has 1 heterocycles. The molecular weight excluding hydrogens is 152 g/mol. The van der Waals surface area contributed by atoms with E-state index in [1.807, 2.05) is 12.3 Å². The van der Waals surface area contributed by atoms with Crippen LogP contribution in [0.5, 0.6) is 0 Å². The third-order valence-electron chi connectivity index (χ3n) is 1.43. The van der Waals surface area contributed by atoms with Gasteiger partial charge in [0.1, 0.15) is 5.82 Å². The molecule has 1 aromatic rings. The third-order valence-corrected chi connectivity index (χ3v) is 2.24. The zero-order valence-corrected chi connectivity index (χ0v) is 9.26. The number of aromatic nitrogens is 1. The minimum Gasteiger partial charge on any atom is -0.368 e. The first kappa shape index (κ1) is 8.27. The van der Waals surface area contributed by atoms with Crippen LogP contribution >= 0.6 is 0 Å². The molecule has 11 heavy (non-hydrogen) atoms. The fourth-order valence-electron chi connectivity index (χ4n) is 0.910. The summed E-state index contributed by atoms with van der Waals surface area (Å²) in [6.07, 6.45) is 1.83. The lowest BCUT2D eigenvalue weighted by Gasteiger charge is -2.10. The van der Waals surface area contributed by atoms with E-state index in [0.717, 1.165) is 16.1 Å². The molecule has 60 valence electrons. The van der Waals surface area contributed by atoms with Crippen molar-refractivity contribution >= 4 is 21.2 Å². The molecule has 3 heteroatoms. The molecule has 0 saturated heterocycles. The molecule has 1 rings (SSSR count). The Morgan fingerprint density at radius 2 is 2.27 bits per heavy atom. The lowest BCUT2D eigenvalue weighted by atomic mass is 10.4. The van der Waals surface area contributed by atoms with Crippen molar-refractivity contribution in [1.82, 2.24) is 4.98 Å². The van der Waals surface area contributed by atoms with Crippen LogP contribution in [0.1, 0.15) is 13.8 Å². The summed E-state index contributed by atoms with van der Waals surface area (Å²) in [5.41, 5.74) is 0. The molecule has 1 aromatic heterocycles. The number of pyridine rings is 1. The SMILES string of the molecule is CC(C)Nc1ncccc1[SiH3]. The van der Waals surface area contributed by atoms with Crippen LogP contribution in [0, 0.1) is 0 Å². The Labute approximate surface area is 70.5 Å². The Morgan fingerprint density at radius 3 is 2.82 bits per heavy atom. The van der Waals surface area contributed by atoms with E-state index in [1.54, 1.807) is 0 Å². The van der Waals surface area contributed by atoms with Gasteiger partial charge in [0, 0.05) is 22.5 Å². The van der Waals surface area contributed by atoms with Gasteiger partial charge in [0.2, 0.25) is 0 Å². The van der Waals surface area contributed by atoms with E-state index in [9.17, 15) is 0 Å². The molecule has 0 atom stereocenters. The Morgan fingerprint density at radius 1 is 1.55 bits per heavy atom. The predicted molar refractivity (Wildman–Crippen MR) is 52.6 cm³/mol. The maximum Gasteiger partial charge on any atom is 0.124 e. The van der Waals surface area contributed by atoms with E-state index >= 15 is 0 Å². The fourth-order valence-corrected chi connectivity index (χ4v) is 1.38. The normalized spacial score (nSPS) is 10.5. The van der Waals surface area contributed by atoms with Gasteiger partial charge in [0.25, 0.3) is 0 Å². The first-order valence-corrected chi connectivity index (χ1v) is 4.88. The minimum absolute atomic E-state index is 0.470. The standard InChI is InChI=1S/C8H14N2Si/c1-6(2)10-8-7(11)4-3-5-9-8/h3-6H,1-2,11H3,(H,9,10). The summed E-state index contributed by atoms with van der Waals surface area (Å²) >= 11 is 0. The highest BCUT2D eigenvalue weighted by Crippen LogP contribution is 1.97. The Balaban J connectivity index is 2.78. The highest BCUT2D eigenvalue weighted by molar-refractivity contribution is 6.35.